The van der Waals surface area contributed by atoms with E-state index in [4.69, 9.17) is 4.74 Å². The Hall–Kier alpha value is -1.30. The number of hydrogen-bond acceptors (Lipinski definition) is 4. The van der Waals surface area contributed by atoms with Crippen LogP contribution >= 0.6 is 0 Å². The van der Waals surface area contributed by atoms with Gasteiger partial charge in [-0.25, -0.2) is 4.79 Å². The first kappa shape index (κ1) is 16.8. The highest BCUT2D eigenvalue weighted by molar-refractivity contribution is 5.76. The number of nitrogens with one attached hydrogen (secondary N) is 2. The first-order valence-electron chi connectivity index (χ1n) is 7.34. The summed E-state index contributed by atoms with van der Waals surface area (Å²) in [5.41, 5.74) is -0.470. The van der Waals surface area contributed by atoms with Crippen LogP contribution in [0.15, 0.2) is 0 Å². The van der Waals surface area contributed by atoms with Gasteiger partial charge in [0.25, 0.3) is 0 Å². The molecule has 1 heterocycles. The molecular weight excluding hydrogens is 258 g/mol. The Morgan fingerprint density at radius 3 is 2.45 bits per heavy atom. The molecule has 6 nitrogen and oxygen atoms in total. The second-order valence-electron chi connectivity index (χ2n) is 6.02. The molecule has 1 aliphatic rings. The summed E-state index contributed by atoms with van der Waals surface area (Å²) in [5, 5.41) is 5.92. The van der Waals surface area contributed by atoms with Crippen molar-refractivity contribution in [3.63, 3.8) is 0 Å². The van der Waals surface area contributed by atoms with Crippen molar-refractivity contribution in [3.05, 3.63) is 0 Å². The molecule has 1 aliphatic heterocycles. The normalized spacial score (nSPS) is 15.8. The van der Waals surface area contributed by atoms with Gasteiger partial charge in [-0.15, -0.1) is 0 Å². The number of piperazine rings is 1. The van der Waals surface area contributed by atoms with E-state index < -0.39 is 11.7 Å². The van der Waals surface area contributed by atoms with Crippen LogP contribution in [0, 0.1) is 0 Å². The molecule has 1 fully saturated rings. The number of rotatable bonds is 5. The summed E-state index contributed by atoms with van der Waals surface area (Å²) in [6.07, 6.45) is 1.73. The largest absolute Gasteiger partial charge is 0.444 e. The Morgan fingerprint density at radius 2 is 1.85 bits per heavy atom. The summed E-state index contributed by atoms with van der Waals surface area (Å²) in [5.74, 6) is 0.212. The molecular formula is C14H27N3O3. The number of carbonyl (C=O) groups excluding carboxylic acids is 2. The Labute approximate surface area is 121 Å². The summed E-state index contributed by atoms with van der Waals surface area (Å²) in [4.78, 5) is 25.2. The van der Waals surface area contributed by atoms with Crippen molar-refractivity contribution in [1.82, 2.24) is 15.5 Å². The van der Waals surface area contributed by atoms with Gasteiger partial charge in [-0.1, -0.05) is 0 Å². The molecule has 0 saturated carbocycles. The second-order valence-corrected chi connectivity index (χ2v) is 6.02. The fraction of sp³-hybridized carbons (Fsp3) is 0.857. The van der Waals surface area contributed by atoms with Gasteiger partial charge in [0, 0.05) is 39.1 Å². The van der Waals surface area contributed by atoms with Crippen molar-refractivity contribution < 1.29 is 14.3 Å². The van der Waals surface area contributed by atoms with Crippen LogP contribution in [-0.2, 0) is 9.53 Å². The van der Waals surface area contributed by atoms with Crippen molar-refractivity contribution >= 4 is 12.0 Å². The van der Waals surface area contributed by atoms with Crippen LogP contribution in [0.25, 0.3) is 0 Å². The first-order chi connectivity index (χ1) is 9.38. The van der Waals surface area contributed by atoms with Gasteiger partial charge in [0.2, 0.25) is 5.91 Å². The molecule has 0 aromatic heterocycles. The van der Waals surface area contributed by atoms with Gasteiger partial charge >= 0.3 is 6.09 Å². The van der Waals surface area contributed by atoms with Crippen LogP contribution in [0.1, 0.15) is 40.0 Å². The van der Waals surface area contributed by atoms with E-state index in [0.717, 1.165) is 39.0 Å². The highest BCUT2D eigenvalue weighted by Gasteiger charge is 2.16. The van der Waals surface area contributed by atoms with Crippen LogP contribution in [-0.4, -0.2) is 55.2 Å². The third kappa shape index (κ3) is 7.33. The molecule has 1 rings (SSSR count). The van der Waals surface area contributed by atoms with E-state index in [0.29, 0.717) is 13.0 Å². The topological polar surface area (TPSA) is 70.7 Å². The van der Waals surface area contributed by atoms with Gasteiger partial charge in [-0.05, 0) is 33.6 Å². The SMILES string of the molecule is CC(C)(C)OC(=O)NCCCCC(=O)N1CCNCC1. The summed E-state index contributed by atoms with van der Waals surface area (Å²) in [6.45, 7) is 9.40. The molecule has 20 heavy (non-hydrogen) atoms. The standard InChI is InChI=1S/C14H27N3O3/c1-14(2,3)20-13(19)16-7-5-4-6-12(18)17-10-8-15-9-11-17/h15H,4-11H2,1-3H3,(H,16,19). The molecule has 0 bridgehead atoms. The zero-order valence-corrected chi connectivity index (χ0v) is 12.8. The fourth-order valence-corrected chi connectivity index (χ4v) is 1.98. The number of carbonyl (C=O) groups is 2. The number of nitrogens with zero attached hydrogens (tertiary/aromatic N) is 1. The minimum Gasteiger partial charge on any atom is -0.444 e. The van der Waals surface area contributed by atoms with E-state index >= 15 is 0 Å². The van der Waals surface area contributed by atoms with Crippen LogP contribution in [0.5, 0.6) is 0 Å². The van der Waals surface area contributed by atoms with Crippen LogP contribution in [0.2, 0.25) is 0 Å². The zero-order valence-electron chi connectivity index (χ0n) is 12.8. The first-order valence-corrected chi connectivity index (χ1v) is 7.34. The number of ether oxygens (including phenoxy) is 1. The maximum atomic E-state index is 11.9. The highest BCUT2D eigenvalue weighted by Crippen LogP contribution is 2.06. The Morgan fingerprint density at radius 1 is 1.20 bits per heavy atom. The van der Waals surface area contributed by atoms with E-state index in [9.17, 15) is 9.59 Å². The minimum atomic E-state index is -0.470. The van der Waals surface area contributed by atoms with Crippen LogP contribution < -0.4 is 10.6 Å². The number of alkyl carbamates (subject to hydrolysis) is 1. The van der Waals surface area contributed by atoms with Crippen LogP contribution in [0.4, 0.5) is 4.79 Å². The van der Waals surface area contributed by atoms with E-state index in [1.54, 1.807) is 0 Å². The Kier molecular flexibility index (Phi) is 6.78. The molecule has 0 aliphatic carbocycles. The van der Waals surface area contributed by atoms with Crippen molar-refractivity contribution in [2.45, 2.75) is 45.6 Å². The molecule has 0 aromatic carbocycles. The molecule has 0 radical (unpaired) electrons. The smallest absolute Gasteiger partial charge is 0.407 e. The lowest BCUT2D eigenvalue weighted by molar-refractivity contribution is -0.131. The van der Waals surface area contributed by atoms with E-state index in [-0.39, 0.29) is 5.91 Å². The van der Waals surface area contributed by atoms with Crippen LogP contribution in [0.3, 0.4) is 0 Å². The second kappa shape index (κ2) is 8.09. The average Bonchev–Trinajstić information content (AvgIpc) is 2.37. The van der Waals surface area contributed by atoms with Crippen molar-refractivity contribution in [2.75, 3.05) is 32.7 Å². The van der Waals surface area contributed by atoms with E-state index in [1.165, 1.54) is 0 Å². The molecule has 1 saturated heterocycles. The number of unbranched alkanes of at least 4 members (excludes halogenated alkanes) is 1. The van der Waals surface area contributed by atoms with Crippen molar-refractivity contribution in [1.29, 1.82) is 0 Å². The van der Waals surface area contributed by atoms with Gasteiger partial charge in [0.15, 0.2) is 0 Å². The third-order valence-electron chi connectivity index (χ3n) is 2.96. The fourth-order valence-electron chi connectivity index (χ4n) is 1.98. The molecule has 0 atom stereocenters. The summed E-state index contributed by atoms with van der Waals surface area (Å²) >= 11 is 0. The molecule has 2 N–H and O–H groups in total. The quantitative estimate of drug-likeness (QED) is 0.742. The minimum absolute atomic E-state index is 0.212. The van der Waals surface area contributed by atoms with Gasteiger partial charge in [0.1, 0.15) is 5.60 Å². The van der Waals surface area contributed by atoms with E-state index in [1.807, 2.05) is 25.7 Å². The zero-order chi connectivity index (χ0) is 15.0. The number of hydrogen-bond donors (Lipinski definition) is 2. The molecule has 116 valence electrons. The predicted molar refractivity (Wildman–Crippen MR) is 77.5 cm³/mol. The van der Waals surface area contributed by atoms with Crippen molar-refractivity contribution in [2.24, 2.45) is 0 Å². The van der Waals surface area contributed by atoms with E-state index in [2.05, 4.69) is 10.6 Å². The van der Waals surface area contributed by atoms with Gasteiger partial charge < -0.3 is 20.3 Å². The maximum Gasteiger partial charge on any atom is 0.407 e. The number of amides is 2. The molecule has 0 spiro atoms. The third-order valence-corrected chi connectivity index (χ3v) is 2.96. The summed E-state index contributed by atoms with van der Waals surface area (Å²) < 4.78 is 5.13. The van der Waals surface area contributed by atoms with Gasteiger partial charge in [-0.3, -0.25) is 4.79 Å². The maximum absolute atomic E-state index is 11.9. The lowest BCUT2D eigenvalue weighted by Gasteiger charge is -2.27. The monoisotopic (exact) mass is 285 g/mol. The lowest BCUT2D eigenvalue weighted by Crippen LogP contribution is -2.46. The molecule has 2 amide bonds. The lowest BCUT2D eigenvalue weighted by atomic mass is 10.2. The average molecular weight is 285 g/mol. The summed E-state index contributed by atoms with van der Waals surface area (Å²) in [7, 11) is 0. The summed E-state index contributed by atoms with van der Waals surface area (Å²) in [6, 6.07) is 0. The highest BCUT2D eigenvalue weighted by atomic mass is 16.6. The Bertz CT molecular complexity index is 320. The van der Waals surface area contributed by atoms with Gasteiger partial charge in [0.05, 0.1) is 0 Å². The molecule has 0 aromatic rings. The Balaban J connectivity index is 2.04. The van der Waals surface area contributed by atoms with Crippen molar-refractivity contribution in [3.8, 4) is 0 Å². The molecule has 6 heteroatoms. The predicted octanol–water partition coefficient (Wildman–Crippen LogP) is 1.11. The van der Waals surface area contributed by atoms with Gasteiger partial charge in [-0.2, -0.15) is 0 Å². The molecule has 0 unspecified atom stereocenters.